The molecule has 1 amide bonds. The second-order valence-corrected chi connectivity index (χ2v) is 8.32. The number of hydrogen-bond acceptors (Lipinski definition) is 4. The van der Waals surface area contributed by atoms with Crippen LogP contribution in [0, 0.1) is 0 Å². The summed E-state index contributed by atoms with van der Waals surface area (Å²) in [6.07, 6.45) is 12.5. The third-order valence-corrected chi connectivity index (χ3v) is 6.04. The normalized spacial score (nSPS) is 11.2. The molecule has 0 aliphatic heterocycles. The zero-order valence-corrected chi connectivity index (χ0v) is 18.9. The zero-order chi connectivity index (χ0) is 23.9. The van der Waals surface area contributed by atoms with Gasteiger partial charge in [0.25, 0.3) is 0 Å². The molecule has 0 fully saturated rings. The summed E-state index contributed by atoms with van der Waals surface area (Å²) < 4.78 is 1.75. The lowest BCUT2D eigenvalue weighted by atomic mass is 9.98. The lowest BCUT2D eigenvalue weighted by molar-refractivity contribution is -0.111. The number of aromatic nitrogens is 6. The van der Waals surface area contributed by atoms with E-state index in [-0.39, 0.29) is 5.91 Å². The Morgan fingerprint density at radius 3 is 2.57 bits per heavy atom. The van der Waals surface area contributed by atoms with Crippen LogP contribution in [0.2, 0.25) is 0 Å². The quantitative estimate of drug-likeness (QED) is 0.304. The maximum Gasteiger partial charge on any atom is 0.247 e. The van der Waals surface area contributed by atoms with Crippen molar-refractivity contribution < 1.29 is 4.79 Å². The lowest BCUT2D eigenvalue weighted by Gasteiger charge is -2.10. The van der Waals surface area contributed by atoms with Gasteiger partial charge in [0.05, 0.1) is 6.20 Å². The van der Waals surface area contributed by atoms with Gasteiger partial charge in [-0.1, -0.05) is 6.58 Å². The average molecular weight is 460 g/mol. The number of anilines is 1. The molecule has 0 atom stereocenters. The second kappa shape index (κ2) is 8.11. The van der Waals surface area contributed by atoms with Gasteiger partial charge in [0.15, 0.2) is 0 Å². The Hall–Kier alpha value is -4.98. The van der Waals surface area contributed by atoms with Crippen molar-refractivity contribution in [2.75, 3.05) is 5.32 Å². The van der Waals surface area contributed by atoms with Crippen molar-refractivity contribution in [2.45, 2.75) is 0 Å². The molecular weight excluding hydrogens is 438 g/mol. The van der Waals surface area contributed by atoms with Crippen molar-refractivity contribution in [3.63, 3.8) is 0 Å². The number of hydrogen-bond donors (Lipinski definition) is 3. The maximum absolute atomic E-state index is 12.0. The van der Waals surface area contributed by atoms with Crippen LogP contribution in [0.1, 0.15) is 0 Å². The summed E-state index contributed by atoms with van der Waals surface area (Å²) >= 11 is 0. The Kier molecular flexibility index (Phi) is 4.77. The maximum atomic E-state index is 12.0. The van der Waals surface area contributed by atoms with E-state index >= 15 is 0 Å². The van der Waals surface area contributed by atoms with Gasteiger partial charge in [-0.2, -0.15) is 5.10 Å². The number of aromatic amines is 2. The number of carbonyl (C=O) groups excluding carboxylic acids is 1. The molecule has 0 saturated heterocycles. The zero-order valence-electron chi connectivity index (χ0n) is 18.9. The summed E-state index contributed by atoms with van der Waals surface area (Å²) in [6.45, 7) is 3.56. The molecule has 5 heterocycles. The van der Waals surface area contributed by atoms with Crippen molar-refractivity contribution in [3.8, 4) is 33.4 Å². The summed E-state index contributed by atoms with van der Waals surface area (Å²) in [7, 11) is 1.87. The first-order chi connectivity index (χ1) is 17.1. The van der Waals surface area contributed by atoms with Crippen molar-refractivity contribution >= 4 is 33.7 Å². The minimum atomic E-state index is -0.269. The summed E-state index contributed by atoms with van der Waals surface area (Å²) in [5.41, 5.74) is 8.17. The molecule has 170 valence electrons. The standard InChI is InChI=1S/C27H21N7O/c1-3-25(35)33-20-9-16(8-17(10-20)19-13-32-34(2)15-19)18-11-23-24(14-31-27(23)30-12-18)21-4-6-28-26-22(21)5-7-29-26/h3-15H,1H2,2H3,(H,28,29)(H,30,31)(H,33,35). The van der Waals surface area contributed by atoms with Crippen LogP contribution in [0.15, 0.2) is 86.2 Å². The van der Waals surface area contributed by atoms with Crippen LogP contribution in [-0.4, -0.2) is 35.6 Å². The molecule has 5 aromatic heterocycles. The first-order valence-electron chi connectivity index (χ1n) is 11.1. The van der Waals surface area contributed by atoms with Gasteiger partial charge in [0.1, 0.15) is 11.3 Å². The van der Waals surface area contributed by atoms with Gasteiger partial charge in [0.2, 0.25) is 5.91 Å². The highest BCUT2D eigenvalue weighted by atomic mass is 16.1. The van der Waals surface area contributed by atoms with E-state index < -0.39 is 0 Å². The molecule has 0 aliphatic carbocycles. The summed E-state index contributed by atoms with van der Waals surface area (Å²) in [6, 6.07) is 12.1. The monoisotopic (exact) mass is 459 g/mol. The van der Waals surface area contributed by atoms with Gasteiger partial charge in [0, 0.05) is 71.2 Å². The largest absolute Gasteiger partial charge is 0.346 e. The van der Waals surface area contributed by atoms with Crippen LogP contribution in [-0.2, 0) is 11.8 Å². The number of aryl methyl sites for hydroxylation is 1. The van der Waals surface area contributed by atoms with Crippen LogP contribution in [0.3, 0.4) is 0 Å². The first kappa shape index (κ1) is 20.6. The van der Waals surface area contributed by atoms with Crippen molar-refractivity contribution in [1.82, 2.24) is 29.7 Å². The van der Waals surface area contributed by atoms with E-state index in [2.05, 4.69) is 49.1 Å². The van der Waals surface area contributed by atoms with E-state index in [0.29, 0.717) is 5.69 Å². The Labute approximate surface area is 200 Å². The third kappa shape index (κ3) is 3.67. The van der Waals surface area contributed by atoms with Gasteiger partial charge >= 0.3 is 0 Å². The lowest BCUT2D eigenvalue weighted by Crippen LogP contribution is -2.07. The molecule has 0 saturated carbocycles. The molecule has 1 aromatic carbocycles. The fourth-order valence-electron chi connectivity index (χ4n) is 4.38. The first-order valence-corrected chi connectivity index (χ1v) is 11.1. The fraction of sp³-hybridized carbons (Fsp3) is 0.0370. The van der Waals surface area contributed by atoms with Gasteiger partial charge in [-0.25, -0.2) is 9.97 Å². The summed E-state index contributed by atoms with van der Waals surface area (Å²) in [4.78, 5) is 27.6. The van der Waals surface area contributed by atoms with Crippen LogP contribution in [0.4, 0.5) is 5.69 Å². The number of H-pyrrole nitrogens is 2. The smallest absolute Gasteiger partial charge is 0.247 e. The topological polar surface area (TPSA) is 104 Å². The summed E-state index contributed by atoms with van der Waals surface area (Å²) in [5, 5.41) is 9.22. The van der Waals surface area contributed by atoms with Crippen LogP contribution in [0.25, 0.3) is 55.4 Å². The van der Waals surface area contributed by atoms with Crippen molar-refractivity contribution in [1.29, 1.82) is 0 Å². The van der Waals surface area contributed by atoms with Crippen molar-refractivity contribution in [3.05, 3.63) is 86.2 Å². The number of nitrogens with zero attached hydrogens (tertiary/aromatic N) is 4. The molecule has 0 radical (unpaired) electrons. The number of pyridine rings is 2. The van der Waals surface area contributed by atoms with Crippen LogP contribution < -0.4 is 5.32 Å². The predicted molar refractivity (Wildman–Crippen MR) is 138 cm³/mol. The molecule has 0 unspecified atom stereocenters. The highest BCUT2D eigenvalue weighted by Crippen LogP contribution is 2.36. The van der Waals surface area contributed by atoms with Gasteiger partial charge < -0.3 is 15.3 Å². The van der Waals surface area contributed by atoms with Gasteiger partial charge in [-0.15, -0.1) is 0 Å². The number of carbonyl (C=O) groups is 1. The third-order valence-electron chi connectivity index (χ3n) is 6.04. The number of fused-ring (bicyclic) bond motifs is 2. The number of nitrogens with one attached hydrogen (secondary N) is 3. The van der Waals surface area contributed by atoms with E-state index in [1.165, 1.54) is 6.08 Å². The van der Waals surface area contributed by atoms with E-state index in [1.807, 2.05) is 56.1 Å². The van der Waals surface area contributed by atoms with Crippen molar-refractivity contribution in [2.24, 2.45) is 7.05 Å². The molecule has 6 aromatic rings. The molecule has 0 bridgehead atoms. The second-order valence-electron chi connectivity index (χ2n) is 8.32. The number of amides is 1. The van der Waals surface area contributed by atoms with Gasteiger partial charge in [-0.3, -0.25) is 9.48 Å². The Balaban J connectivity index is 1.51. The molecule has 35 heavy (non-hydrogen) atoms. The SMILES string of the molecule is C=CC(=O)Nc1cc(-c2cnc3[nH]cc(-c4ccnc5[nH]ccc45)c3c2)cc(-c2cnn(C)c2)c1. The Bertz CT molecular complexity index is 1740. The molecule has 0 spiro atoms. The van der Waals surface area contributed by atoms with E-state index in [9.17, 15) is 4.79 Å². The molecule has 6 rings (SSSR count). The fourth-order valence-corrected chi connectivity index (χ4v) is 4.38. The molecule has 0 aliphatic rings. The Morgan fingerprint density at radius 1 is 0.943 bits per heavy atom. The number of rotatable bonds is 5. The number of benzene rings is 1. The molecule has 8 nitrogen and oxygen atoms in total. The van der Waals surface area contributed by atoms with Gasteiger partial charge in [-0.05, 0) is 59.2 Å². The van der Waals surface area contributed by atoms with Crippen LogP contribution in [0.5, 0.6) is 0 Å². The van der Waals surface area contributed by atoms with E-state index in [1.54, 1.807) is 17.1 Å². The highest BCUT2D eigenvalue weighted by Gasteiger charge is 2.14. The molecule has 8 heteroatoms. The van der Waals surface area contributed by atoms with E-state index in [4.69, 9.17) is 0 Å². The average Bonchev–Trinajstić information content (AvgIpc) is 3.62. The van der Waals surface area contributed by atoms with Crippen LogP contribution >= 0.6 is 0 Å². The molecule has 3 N–H and O–H groups in total. The molecular formula is C27H21N7O. The summed E-state index contributed by atoms with van der Waals surface area (Å²) in [5.74, 6) is -0.269. The van der Waals surface area contributed by atoms with E-state index in [0.717, 1.165) is 55.4 Å². The minimum Gasteiger partial charge on any atom is -0.346 e. The highest BCUT2D eigenvalue weighted by molar-refractivity contribution is 6.04. The predicted octanol–water partition coefficient (Wildman–Crippen LogP) is 5.30. The minimum absolute atomic E-state index is 0.269. The Morgan fingerprint density at radius 2 is 1.77 bits per heavy atom.